The van der Waals surface area contributed by atoms with Crippen LogP contribution in [0.4, 0.5) is 0 Å². The molecule has 3 nitrogen and oxygen atoms in total. The Bertz CT molecular complexity index is 339. The van der Waals surface area contributed by atoms with E-state index in [0.717, 1.165) is 18.8 Å². The van der Waals surface area contributed by atoms with E-state index in [2.05, 4.69) is 37.1 Å². The van der Waals surface area contributed by atoms with Crippen molar-refractivity contribution in [2.75, 3.05) is 26.2 Å². The molecule has 1 N–H and O–H groups in total. The zero-order valence-electron chi connectivity index (χ0n) is 11.9. The predicted molar refractivity (Wildman–Crippen MR) is 74.9 cm³/mol. The molecule has 0 spiro atoms. The molecule has 1 fully saturated rings. The van der Waals surface area contributed by atoms with Crippen molar-refractivity contribution in [2.24, 2.45) is 0 Å². The number of nitrogens with one attached hydrogen (secondary N) is 1. The molecule has 102 valence electrons. The zero-order chi connectivity index (χ0) is 13.0. The summed E-state index contributed by atoms with van der Waals surface area (Å²) >= 11 is 0. The van der Waals surface area contributed by atoms with E-state index in [9.17, 15) is 0 Å². The first-order valence-corrected chi connectivity index (χ1v) is 7.08. The Morgan fingerprint density at radius 3 is 2.72 bits per heavy atom. The van der Waals surface area contributed by atoms with Gasteiger partial charge in [-0.25, -0.2) is 0 Å². The number of furan rings is 1. The van der Waals surface area contributed by atoms with Crippen LogP contribution in [0, 0.1) is 0 Å². The lowest BCUT2D eigenvalue weighted by Gasteiger charge is -2.34. The Hall–Kier alpha value is -0.800. The Balaban J connectivity index is 1.83. The smallest absolute Gasteiger partial charge is 0.109 e. The van der Waals surface area contributed by atoms with Gasteiger partial charge in [0.05, 0.1) is 6.26 Å². The van der Waals surface area contributed by atoms with Gasteiger partial charge in [-0.05, 0) is 31.9 Å². The molecule has 3 heteroatoms. The number of rotatable bonds is 5. The molecule has 2 rings (SSSR count). The minimum atomic E-state index is 0.145. The summed E-state index contributed by atoms with van der Waals surface area (Å²) in [5.74, 6) is 1.11. The van der Waals surface area contributed by atoms with E-state index in [1.54, 1.807) is 6.26 Å². The summed E-state index contributed by atoms with van der Waals surface area (Å²) in [6.45, 7) is 11.5. The summed E-state index contributed by atoms with van der Waals surface area (Å²) < 4.78 is 5.55. The van der Waals surface area contributed by atoms with Gasteiger partial charge in [0.15, 0.2) is 0 Å². The average Bonchev–Trinajstić information content (AvgIpc) is 2.92. The van der Waals surface area contributed by atoms with Crippen molar-refractivity contribution in [1.29, 1.82) is 0 Å². The summed E-state index contributed by atoms with van der Waals surface area (Å²) in [6, 6.07) is 4.74. The van der Waals surface area contributed by atoms with Crippen LogP contribution in [0.25, 0.3) is 0 Å². The van der Waals surface area contributed by atoms with Gasteiger partial charge in [0.2, 0.25) is 0 Å². The molecule has 1 aromatic heterocycles. The van der Waals surface area contributed by atoms with Gasteiger partial charge in [-0.1, -0.05) is 13.8 Å². The van der Waals surface area contributed by atoms with Crippen molar-refractivity contribution >= 4 is 0 Å². The third-order valence-corrected chi connectivity index (χ3v) is 4.15. The highest BCUT2D eigenvalue weighted by Crippen LogP contribution is 2.29. The average molecular weight is 250 g/mol. The molecule has 0 bridgehead atoms. The summed E-state index contributed by atoms with van der Waals surface area (Å²) in [7, 11) is 0. The Morgan fingerprint density at radius 1 is 1.39 bits per heavy atom. The molecule has 2 heterocycles. The first-order valence-electron chi connectivity index (χ1n) is 7.08. The van der Waals surface area contributed by atoms with Gasteiger partial charge in [0.1, 0.15) is 5.76 Å². The van der Waals surface area contributed by atoms with Crippen molar-refractivity contribution in [3.05, 3.63) is 24.2 Å². The van der Waals surface area contributed by atoms with E-state index in [0.29, 0.717) is 6.04 Å². The van der Waals surface area contributed by atoms with Gasteiger partial charge in [-0.15, -0.1) is 0 Å². The van der Waals surface area contributed by atoms with Gasteiger partial charge in [0, 0.05) is 37.6 Å². The topological polar surface area (TPSA) is 28.4 Å². The van der Waals surface area contributed by atoms with Crippen LogP contribution in [0.5, 0.6) is 0 Å². The van der Waals surface area contributed by atoms with Crippen LogP contribution >= 0.6 is 0 Å². The normalized spacial score (nSPS) is 19.9. The van der Waals surface area contributed by atoms with Crippen molar-refractivity contribution in [2.45, 2.75) is 45.1 Å². The van der Waals surface area contributed by atoms with E-state index in [4.69, 9.17) is 4.42 Å². The summed E-state index contributed by atoms with van der Waals surface area (Å²) in [6.07, 6.45) is 4.18. The largest absolute Gasteiger partial charge is 0.469 e. The number of nitrogens with zero attached hydrogens (tertiary/aromatic N) is 1. The molecular formula is C15H26N2O. The van der Waals surface area contributed by atoms with Crippen molar-refractivity contribution in [3.8, 4) is 0 Å². The van der Waals surface area contributed by atoms with Crippen LogP contribution in [0.2, 0.25) is 0 Å². The van der Waals surface area contributed by atoms with Crippen LogP contribution in [0.3, 0.4) is 0 Å². The highest BCUT2D eigenvalue weighted by Gasteiger charge is 2.25. The molecule has 0 amide bonds. The van der Waals surface area contributed by atoms with Crippen molar-refractivity contribution in [3.63, 3.8) is 0 Å². The second-order valence-corrected chi connectivity index (χ2v) is 6.03. The summed E-state index contributed by atoms with van der Waals surface area (Å²) in [5, 5.41) is 3.41. The van der Waals surface area contributed by atoms with E-state index >= 15 is 0 Å². The molecule has 1 unspecified atom stereocenters. The SMILES string of the molecule is CC(CCC(C)(C)c1ccco1)N1CCNCC1. The maximum absolute atomic E-state index is 5.55. The minimum absolute atomic E-state index is 0.145. The molecule has 1 aliphatic heterocycles. The number of hydrogen-bond acceptors (Lipinski definition) is 3. The van der Waals surface area contributed by atoms with Crippen LogP contribution in [-0.2, 0) is 5.41 Å². The molecule has 1 aliphatic rings. The lowest BCUT2D eigenvalue weighted by molar-refractivity contribution is 0.166. The predicted octanol–water partition coefficient (Wildman–Crippen LogP) is 2.63. The first-order chi connectivity index (χ1) is 8.59. The molecule has 18 heavy (non-hydrogen) atoms. The second-order valence-electron chi connectivity index (χ2n) is 6.03. The van der Waals surface area contributed by atoms with Gasteiger partial charge >= 0.3 is 0 Å². The highest BCUT2D eigenvalue weighted by atomic mass is 16.3. The third-order valence-electron chi connectivity index (χ3n) is 4.15. The molecule has 1 aromatic rings. The van der Waals surface area contributed by atoms with Gasteiger partial charge < -0.3 is 9.73 Å². The first kappa shape index (κ1) is 13.6. The molecule has 0 saturated carbocycles. The quantitative estimate of drug-likeness (QED) is 0.871. The lowest BCUT2D eigenvalue weighted by Crippen LogP contribution is -2.47. The highest BCUT2D eigenvalue weighted by molar-refractivity contribution is 5.10. The van der Waals surface area contributed by atoms with Gasteiger partial charge in [-0.3, -0.25) is 4.90 Å². The lowest BCUT2D eigenvalue weighted by atomic mass is 9.84. The summed E-state index contributed by atoms with van der Waals surface area (Å²) in [5.41, 5.74) is 0.145. The van der Waals surface area contributed by atoms with E-state index in [1.807, 2.05) is 6.07 Å². The Morgan fingerprint density at radius 2 is 2.11 bits per heavy atom. The Labute approximate surface area is 111 Å². The van der Waals surface area contributed by atoms with Crippen LogP contribution < -0.4 is 5.32 Å². The van der Waals surface area contributed by atoms with Crippen LogP contribution in [0.1, 0.15) is 39.4 Å². The summed E-state index contributed by atoms with van der Waals surface area (Å²) in [4.78, 5) is 2.59. The standard InChI is InChI=1S/C15H26N2O/c1-13(17-10-8-16-9-11-17)6-7-15(2,3)14-5-4-12-18-14/h4-5,12-13,16H,6-11H2,1-3H3. The maximum atomic E-state index is 5.55. The number of piperazine rings is 1. The number of hydrogen-bond donors (Lipinski definition) is 1. The van der Waals surface area contributed by atoms with E-state index in [-0.39, 0.29) is 5.41 Å². The van der Waals surface area contributed by atoms with Crippen LogP contribution in [0.15, 0.2) is 22.8 Å². The zero-order valence-corrected chi connectivity index (χ0v) is 11.9. The molecule has 1 saturated heterocycles. The molecule has 1 atom stereocenters. The van der Waals surface area contributed by atoms with E-state index in [1.165, 1.54) is 25.9 Å². The fraction of sp³-hybridized carbons (Fsp3) is 0.733. The molecule has 0 aliphatic carbocycles. The second kappa shape index (κ2) is 5.89. The monoisotopic (exact) mass is 250 g/mol. The molecule has 0 radical (unpaired) electrons. The fourth-order valence-electron chi connectivity index (χ4n) is 2.66. The van der Waals surface area contributed by atoms with Crippen molar-refractivity contribution < 1.29 is 4.42 Å². The minimum Gasteiger partial charge on any atom is -0.469 e. The van der Waals surface area contributed by atoms with Crippen molar-refractivity contribution in [1.82, 2.24) is 10.2 Å². The molecular weight excluding hydrogens is 224 g/mol. The Kier molecular flexibility index (Phi) is 4.46. The third kappa shape index (κ3) is 3.36. The van der Waals surface area contributed by atoms with Gasteiger partial charge in [0.25, 0.3) is 0 Å². The van der Waals surface area contributed by atoms with Gasteiger partial charge in [-0.2, -0.15) is 0 Å². The van der Waals surface area contributed by atoms with Crippen LogP contribution in [-0.4, -0.2) is 37.1 Å². The maximum Gasteiger partial charge on any atom is 0.109 e. The molecule has 0 aromatic carbocycles. The van der Waals surface area contributed by atoms with E-state index < -0.39 is 0 Å². The fourth-order valence-corrected chi connectivity index (χ4v) is 2.66.